The summed E-state index contributed by atoms with van der Waals surface area (Å²) in [6, 6.07) is 0. The van der Waals surface area contributed by atoms with Gasteiger partial charge in [0.25, 0.3) is 5.91 Å². The van der Waals surface area contributed by atoms with Gasteiger partial charge in [0, 0.05) is 24.5 Å². The Kier molecular flexibility index (Phi) is 5.43. The molecule has 0 spiro atoms. The average molecular weight is 287 g/mol. The van der Waals surface area contributed by atoms with Crippen molar-refractivity contribution < 1.29 is 19.3 Å². The minimum absolute atomic E-state index is 0.165. The van der Waals surface area contributed by atoms with Crippen LogP contribution >= 0.6 is 12.6 Å². The fourth-order valence-electron chi connectivity index (χ4n) is 2.62. The number of carbonyl (C=O) groups excluding carboxylic acids is 1. The molecule has 0 bridgehead atoms. The van der Waals surface area contributed by atoms with E-state index in [1.54, 1.807) is 6.92 Å². The summed E-state index contributed by atoms with van der Waals surface area (Å²) in [6.45, 7) is 8.88. The number of thiol groups is 1. The van der Waals surface area contributed by atoms with Crippen LogP contribution in [-0.4, -0.2) is 52.0 Å². The molecule has 19 heavy (non-hydrogen) atoms. The fraction of sp³-hybridized carbons (Fsp3) is 0.692. The number of carboxylic acid groups (broad SMARTS) is 1. The molecule has 1 N–H and O–H groups in total. The summed E-state index contributed by atoms with van der Waals surface area (Å²) >= 11 is 4.14. The van der Waals surface area contributed by atoms with Crippen LogP contribution in [0.5, 0.6) is 0 Å². The van der Waals surface area contributed by atoms with Gasteiger partial charge in [0.1, 0.15) is 18.8 Å². The molecule has 108 valence electrons. The molecule has 5 nitrogen and oxygen atoms in total. The standard InChI is InChI=1S/C13H22N2O3S/c1-4-15(7-5-6-11(15)3)14(8-12(16)17)13(18)10(2)9-19/h10H,3-9H2,1-2H3,(H-,16,17,19)/p+1. The minimum Gasteiger partial charge on any atom is -0.480 e. The number of likely N-dealkylation sites (tertiary alicyclic amines) is 1. The van der Waals surface area contributed by atoms with Crippen molar-refractivity contribution in [1.82, 2.24) is 5.01 Å². The first-order valence-electron chi connectivity index (χ1n) is 6.59. The molecule has 0 aromatic heterocycles. The lowest BCUT2D eigenvalue weighted by atomic mass is 10.2. The van der Waals surface area contributed by atoms with E-state index in [2.05, 4.69) is 19.2 Å². The number of hydrogen-bond acceptors (Lipinski definition) is 3. The van der Waals surface area contributed by atoms with Crippen molar-refractivity contribution >= 4 is 24.5 Å². The monoisotopic (exact) mass is 287 g/mol. The van der Waals surface area contributed by atoms with Crippen LogP contribution in [0.1, 0.15) is 26.7 Å². The molecule has 1 aliphatic rings. The van der Waals surface area contributed by atoms with Gasteiger partial charge in [-0.3, -0.25) is 9.59 Å². The van der Waals surface area contributed by atoms with Crippen molar-refractivity contribution in [2.75, 3.05) is 25.4 Å². The van der Waals surface area contributed by atoms with Crippen molar-refractivity contribution in [2.45, 2.75) is 26.7 Å². The number of carboxylic acids is 1. The van der Waals surface area contributed by atoms with Gasteiger partial charge >= 0.3 is 5.97 Å². The van der Waals surface area contributed by atoms with E-state index in [4.69, 9.17) is 5.11 Å². The highest BCUT2D eigenvalue weighted by molar-refractivity contribution is 7.80. The molecule has 1 amide bonds. The van der Waals surface area contributed by atoms with Crippen LogP contribution < -0.4 is 0 Å². The van der Waals surface area contributed by atoms with E-state index in [0.29, 0.717) is 12.3 Å². The third-order valence-electron chi connectivity index (χ3n) is 3.80. The SMILES string of the molecule is C=C1CCC[N+]1(CC)N(CC(=O)O)C(=O)C(C)CS. The largest absolute Gasteiger partial charge is 0.480 e. The smallest absolute Gasteiger partial charge is 0.328 e. The molecule has 1 rings (SSSR count). The lowest BCUT2D eigenvalue weighted by molar-refractivity contribution is -0.981. The van der Waals surface area contributed by atoms with Crippen molar-refractivity contribution in [3.8, 4) is 0 Å². The lowest BCUT2D eigenvalue weighted by Gasteiger charge is -2.42. The average Bonchev–Trinajstić information content (AvgIpc) is 2.76. The Morgan fingerprint density at radius 1 is 1.58 bits per heavy atom. The fourth-order valence-corrected chi connectivity index (χ4v) is 2.77. The molecule has 2 unspecified atom stereocenters. The Labute approximate surface area is 119 Å². The van der Waals surface area contributed by atoms with E-state index in [9.17, 15) is 9.59 Å². The highest BCUT2D eigenvalue weighted by Crippen LogP contribution is 2.32. The molecule has 1 fully saturated rings. The maximum atomic E-state index is 12.5. The molecule has 1 heterocycles. The number of rotatable bonds is 6. The Bertz CT molecular complexity index is 386. The van der Waals surface area contributed by atoms with Crippen molar-refractivity contribution in [3.63, 3.8) is 0 Å². The molecule has 2 atom stereocenters. The zero-order chi connectivity index (χ0) is 14.6. The third kappa shape index (κ3) is 3.12. The zero-order valence-electron chi connectivity index (χ0n) is 11.6. The van der Waals surface area contributed by atoms with Crippen molar-refractivity contribution in [3.05, 3.63) is 12.3 Å². The van der Waals surface area contributed by atoms with Crippen LogP contribution in [0.25, 0.3) is 0 Å². The van der Waals surface area contributed by atoms with E-state index in [-0.39, 0.29) is 23.0 Å². The van der Waals surface area contributed by atoms with Crippen LogP contribution in [0.2, 0.25) is 0 Å². The van der Waals surface area contributed by atoms with Crippen LogP contribution in [0, 0.1) is 5.92 Å². The Balaban J connectivity index is 3.11. The summed E-state index contributed by atoms with van der Waals surface area (Å²) in [5.74, 6) is -1.05. The van der Waals surface area contributed by atoms with Crippen LogP contribution in [0.15, 0.2) is 12.3 Å². The number of aliphatic carboxylic acids is 1. The molecular weight excluding hydrogens is 264 g/mol. The van der Waals surface area contributed by atoms with E-state index >= 15 is 0 Å². The molecule has 0 radical (unpaired) electrons. The quantitative estimate of drug-likeness (QED) is 0.575. The first-order valence-corrected chi connectivity index (χ1v) is 7.22. The van der Waals surface area contributed by atoms with Crippen LogP contribution in [0.3, 0.4) is 0 Å². The Morgan fingerprint density at radius 3 is 2.58 bits per heavy atom. The third-order valence-corrected chi connectivity index (χ3v) is 4.35. The molecule has 0 aliphatic carbocycles. The van der Waals surface area contributed by atoms with Gasteiger partial charge in [0.05, 0.1) is 0 Å². The van der Waals surface area contributed by atoms with Gasteiger partial charge in [-0.05, 0) is 13.5 Å². The molecule has 0 saturated carbocycles. The maximum absolute atomic E-state index is 12.5. The van der Waals surface area contributed by atoms with Crippen LogP contribution in [0.4, 0.5) is 0 Å². The summed E-state index contributed by atoms with van der Waals surface area (Å²) < 4.78 is 0.281. The lowest BCUT2D eigenvalue weighted by Crippen LogP contribution is -2.62. The van der Waals surface area contributed by atoms with Gasteiger partial charge in [-0.15, -0.1) is 0 Å². The second-order valence-corrected chi connectivity index (χ2v) is 5.37. The molecule has 1 saturated heterocycles. The normalized spacial score (nSPS) is 24.3. The topological polar surface area (TPSA) is 57.6 Å². The van der Waals surface area contributed by atoms with Gasteiger partial charge in [-0.25, -0.2) is 0 Å². The number of quaternary nitrogens is 1. The summed E-state index contributed by atoms with van der Waals surface area (Å²) in [5.41, 5.74) is 0.920. The molecule has 6 heteroatoms. The summed E-state index contributed by atoms with van der Waals surface area (Å²) in [7, 11) is 0. The molecular formula is C13H23N2O3S+. The van der Waals surface area contributed by atoms with Crippen LogP contribution in [-0.2, 0) is 9.59 Å². The zero-order valence-corrected chi connectivity index (χ0v) is 12.5. The Hall–Kier alpha value is -1.01. The van der Waals surface area contributed by atoms with Gasteiger partial charge in [0.2, 0.25) is 0 Å². The summed E-state index contributed by atoms with van der Waals surface area (Å²) in [6.07, 6.45) is 1.78. The maximum Gasteiger partial charge on any atom is 0.328 e. The van der Waals surface area contributed by atoms with E-state index in [0.717, 1.165) is 25.1 Å². The highest BCUT2D eigenvalue weighted by atomic mass is 32.1. The number of amides is 1. The van der Waals surface area contributed by atoms with E-state index in [1.807, 2.05) is 6.92 Å². The Morgan fingerprint density at radius 2 is 2.21 bits per heavy atom. The van der Waals surface area contributed by atoms with Gasteiger partial charge < -0.3 is 5.11 Å². The molecule has 1 aliphatic heterocycles. The molecule has 0 aromatic rings. The second-order valence-electron chi connectivity index (χ2n) is 5.01. The summed E-state index contributed by atoms with van der Waals surface area (Å²) in [4.78, 5) is 23.6. The van der Waals surface area contributed by atoms with E-state index in [1.165, 1.54) is 5.01 Å². The van der Waals surface area contributed by atoms with E-state index < -0.39 is 5.97 Å². The van der Waals surface area contributed by atoms with Crippen molar-refractivity contribution in [2.24, 2.45) is 5.92 Å². The molecule has 0 aromatic carbocycles. The van der Waals surface area contributed by atoms with Gasteiger partial charge in [-0.2, -0.15) is 22.2 Å². The number of allylic oxidation sites excluding steroid dienone is 1. The minimum atomic E-state index is -0.995. The second kappa shape index (κ2) is 6.43. The van der Waals surface area contributed by atoms with Gasteiger partial charge in [-0.1, -0.05) is 6.92 Å². The van der Waals surface area contributed by atoms with Crippen molar-refractivity contribution in [1.29, 1.82) is 0 Å². The first kappa shape index (κ1) is 16.0. The predicted molar refractivity (Wildman–Crippen MR) is 76.4 cm³/mol. The highest BCUT2D eigenvalue weighted by Gasteiger charge is 2.45. The number of nitrogens with zero attached hydrogens (tertiary/aromatic N) is 2. The number of carbonyl (C=O) groups is 2. The predicted octanol–water partition coefficient (Wildman–Crippen LogP) is 1.52. The first-order chi connectivity index (χ1) is 8.89. The van der Waals surface area contributed by atoms with Gasteiger partial charge in [0.15, 0.2) is 6.54 Å². The summed E-state index contributed by atoms with van der Waals surface area (Å²) in [5, 5.41) is 10.5. The number of hydrogen-bond donors (Lipinski definition) is 2.